The van der Waals surface area contributed by atoms with Crippen molar-refractivity contribution in [2.45, 2.75) is 27.7 Å². The monoisotopic (exact) mass is 487 g/mol. The number of halogens is 2. The fourth-order valence-corrected chi connectivity index (χ4v) is 4.51. The summed E-state index contributed by atoms with van der Waals surface area (Å²) in [4.78, 5) is 21.2. The molecule has 0 aliphatic carbocycles. The Morgan fingerprint density at radius 2 is 1.78 bits per heavy atom. The second-order valence-corrected chi connectivity index (χ2v) is 9.42. The highest BCUT2D eigenvalue weighted by molar-refractivity contribution is 7.20. The largest absolute Gasteiger partial charge is 0.439 e. The highest BCUT2D eigenvalue weighted by atomic mass is 35.5. The van der Waals surface area contributed by atoms with E-state index < -0.39 is 0 Å². The van der Waals surface area contributed by atoms with Crippen LogP contribution in [0.5, 0.6) is 11.6 Å². The topological polar surface area (TPSA) is 81.9 Å². The van der Waals surface area contributed by atoms with Gasteiger partial charge in [-0.25, -0.2) is 9.67 Å². The lowest BCUT2D eigenvalue weighted by atomic mass is 10.2. The van der Waals surface area contributed by atoms with Gasteiger partial charge in [0, 0.05) is 17.4 Å². The van der Waals surface area contributed by atoms with Gasteiger partial charge in [0.15, 0.2) is 5.82 Å². The molecular weight excluding hydrogens is 469 g/mol. The number of amides is 1. The van der Waals surface area contributed by atoms with Crippen molar-refractivity contribution < 1.29 is 9.53 Å². The molecule has 1 aromatic carbocycles. The molecule has 1 amide bonds. The van der Waals surface area contributed by atoms with E-state index in [4.69, 9.17) is 27.9 Å². The van der Waals surface area contributed by atoms with Crippen LogP contribution in [0.3, 0.4) is 0 Å². The average Bonchev–Trinajstić information content (AvgIpc) is 3.21. The number of hydrogen-bond donors (Lipinski definition) is 1. The summed E-state index contributed by atoms with van der Waals surface area (Å²) < 4.78 is 8.51. The zero-order valence-electron chi connectivity index (χ0n) is 17.7. The summed E-state index contributed by atoms with van der Waals surface area (Å²) in [6.45, 7) is 7.79. The molecular formula is C22H19Cl2N5O2S. The lowest BCUT2D eigenvalue weighted by molar-refractivity contribution is 0.102. The van der Waals surface area contributed by atoms with Crippen LogP contribution >= 0.6 is 34.5 Å². The lowest BCUT2D eigenvalue weighted by Gasteiger charge is -2.10. The molecule has 0 unspecified atom stereocenters. The Kier molecular flexibility index (Phi) is 6.19. The second-order valence-electron chi connectivity index (χ2n) is 7.14. The van der Waals surface area contributed by atoms with E-state index in [0.717, 1.165) is 28.3 Å². The molecule has 0 spiro atoms. The molecule has 0 saturated heterocycles. The van der Waals surface area contributed by atoms with Crippen molar-refractivity contribution in [2.75, 3.05) is 5.32 Å². The molecule has 32 heavy (non-hydrogen) atoms. The third-order valence-electron chi connectivity index (χ3n) is 4.91. The molecule has 0 bridgehead atoms. The summed E-state index contributed by atoms with van der Waals surface area (Å²) in [5.74, 6) is 1.83. The summed E-state index contributed by atoms with van der Waals surface area (Å²) in [5.41, 5.74) is 4.01. The number of aromatic nitrogens is 4. The molecule has 164 valence electrons. The second kappa shape index (κ2) is 8.90. The Morgan fingerprint density at radius 1 is 1.06 bits per heavy atom. The Balaban J connectivity index is 1.51. The molecule has 0 saturated carbocycles. The maximum Gasteiger partial charge on any atom is 0.258 e. The number of anilines is 1. The van der Waals surface area contributed by atoms with Crippen LogP contribution in [0.15, 0.2) is 36.4 Å². The van der Waals surface area contributed by atoms with Crippen molar-refractivity contribution in [3.05, 3.63) is 73.4 Å². The smallest absolute Gasteiger partial charge is 0.258 e. The van der Waals surface area contributed by atoms with Crippen molar-refractivity contribution in [1.82, 2.24) is 19.7 Å². The van der Waals surface area contributed by atoms with Crippen LogP contribution in [0.4, 0.5) is 5.69 Å². The third-order valence-corrected chi connectivity index (χ3v) is 6.39. The van der Waals surface area contributed by atoms with Crippen molar-refractivity contribution in [3.63, 3.8) is 0 Å². The van der Waals surface area contributed by atoms with E-state index in [1.807, 2.05) is 20.8 Å². The zero-order valence-corrected chi connectivity index (χ0v) is 20.1. The Labute approximate surface area is 199 Å². The minimum absolute atomic E-state index is 0.330. The summed E-state index contributed by atoms with van der Waals surface area (Å²) in [6.07, 6.45) is 0. The number of carbonyl (C=O) groups is 1. The van der Waals surface area contributed by atoms with Gasteiger partial charge < -0.3 is 10.1 Å². The van der Waals surface area contributed by atoms with Crippen LogP contribution in [-0.4, -0.2) is 25.7 Å². The number of thiophene rings is 1. The molecule has 4 rings (SSSR count). The van der Waals surface area contributed by atoms with Gasteiger partial charge in [-0.05, 0) is 63.6 Å². The van der Waals surface area contributed by atoms with E-state index in [9.17, 15) is 4.79 Å². The maximum absolute atomic E-state index is 12.4. The van der Waals surface area contributed by atoms with Gasteiger partial charge >= 0.3 is 0 Å². The predicted molar refractivity (Wildman–Crippen MR) is 127 cm³/mol. The summed E-state index contributed by atoms with van der Waals surface area (Å²) in [7, 11) is 0. The quantitative estimate of drug-likeness (QED) is 0.356. The van der Waals surface area contributed by atoms with Crippen LogP contribution < -0.4 is 10.1 Å². The molecule has 0 fully saturated rings. The molecule has 3 heterocycles. The standard InChI is InChI=1S/C22H19Cl2N5O2S/c1-11-12(2)28-29(13(11)3)19-10-20(26-14(4)25-19)31-16-7-5-15(6-8-16)27-22(30)17-9-18(23)32-21(17)24/h5-10H,1-4H3,(H,27,30). The zero-order chi connectivity index (χ0) is 23.0. The maximum atomic E-state index is 12.4. The molecule has 0 aliphatic rings. The van der Waals surface area contributed by atoms with E-state index >= 15 is 0 Å². The van der Waals surface area contributed by atoms with E-state index in [1.54, 1.807) is 48.0 Å². The van der Waals surface area contributed by atoms with Crippen LogP contribution in [0.1, 0.15) is 33.1 Å². The number of nitrogens with zero attached hydrogens (tertiary/aromatic N) is 4. The van der Waals surface area contributed by atoms with Gasteiger partial charge in [-0.15, -0.1) is 11.3 Å². The SMILES string of the molecule is Cc1nc(Oc2ccc(NC(=O)c3cc(Cl)sc3Cl)cc2)cc(-n2nc(C)c(C)c2C)n1. The Bertz CT molecular complexity index is 1310. The number of ether oxygens (including phenoxy) is 1. The van der Waals surface area contributed by atoms with Crippen LogP contribution in [0, 0.1) is 27.7 Å². The van der Waals surface area contributed by atoms with Gasteiger partial charge in [0.1, 0.15) is 15.9 Å². The molecule has 0 atom stereocenters. The molecule has 0 aliphatic heterocycles. The number of aryl methyl sites for hydroxylation is 2. The van der Waals surface area contributed by atoms with E-state index in [2.05, 4.69) is 20.4 Å². The highest BCUT2D eigenvalue weighted by Gasteiger charge is 2.15. The van der Waals surface area contributed by atoms with Crippen LogP contribution in [0.2, 0.25) is 8.67 Å². The summed E-state index contributed by atoms with van der Waals surface area (Å²) in [5, 5.41) is 7.34. The molecule has 1 N–H and O–H groups in total. The first kappa shape index (κ1) is 22.3. The minimum atomic E-state index is -0.330. The van der Waals surface area contributed by atoms with Crippen molar-refractivity contribution in [1.29, 1.82) is 0 Å². The first-order valence-electron chi connectivity index (χ1n) is 9.64. The van der Waals surface area contributed by atoms with E-state index in [0.29, 0.717) is 43.2 Å². The Hall–Kier alpha value is -2.94. The van der Waals surface area contributed by atoms with Crippen molar-refractivity contribution >= 4 is 46.1 Å². The molecule has 7 nitrogen and oxygen atoms in total. The first-order valence-corrected chi connectivity index (χ1v) is 11.2. The molecule has 0 radical (unpaired) electrons. The van der Waals surface area contributed by atoms with Gasteiger partial charge in [-0.1, -0.05) is 23.2 Å². The van der Waals surface area contributed by atoms with Crippen LogP contribution in [0.25, 0.3) is 5.82 Å². The number of hydrogen-bond acceptors (Lipinski definition) is 6. The van der Waals surface area contributed by atoms with Gasteiger partial charge in [0.2, 0.25) is 5.88 Å². The summed E-state index contributed by atoms with van der Waals surface area (Å²) >= 11 is 13.1. The fourth-order valence-electron chi connectivity index (χ4n) is 3.05. The lowest BCUT2D eigenvalue weighted by Crippen LogP contribution is -2.11. The van der Waals surface area contributed by atoms with Crippen molar-refractivity contribution in [3.8, 4) is 17.4 Å². The van der Waals surface area contributed by atoms with Gasteiger partial charge in [0.05, 0.1) is 15.6 Å². The van der Waals surface area contributed by atoms with Crippen molar-refractivity contribution in [2.24, 2.45) is 0 Å². The number of benzene rings is 1. The number of carbonyl (C=O) groups excluding carboxylic acids is 1. The fraction of sp³-hybridized carbons (Fsp3) is 0.182. The minimum Gasteiger partial charge on any atom is -0.439 e. The Morgan fingerprint density at radius 3 is 2.38 bits per heavy atom. The van der Waals surface area contributed by atoms with E-state index in [1.165, 1.54) is 0 Å². The highest BCUT2D eigenvalue weighted by Crippen LogP contribution is 2.32. The molecule has 3 aromatic heterocycles. The predicted octanol–water partition coefficient (Wildman–Crippen LogP) is 6.31. The first-order chi connectivity index (χ1) is 15.2. The number of rotatable bonds is 5. The molecule has 10 heteroatoms. The summed E-state index contributed by atoms with van der Waals surface area (Å²) in [6, 6.07) is 10.2. The van der Waals surface area contributed by atoms with E-state index in [-0.39, 0.29) is 5.91 Å². The third kappa shape index (κ3) is 4.62. The van der Waals surface area contributed by atoms with Gasteiger partial charge in [-0.2, -0.15) is 10.1 Å². The van der Waals surface area contributed by atoms with Crippen LogP contribution in [-0.2, 0) is 0 Å². The molecule has 4 aromatic rings. The van der Waals surface area contributed by atoms with Gasteiger partial charge in [0.25, 0.3) is 5.91 Å². The average molecular weight is 488 g/mol. The van der Waals surface area contributed by atoms with Gasteiger partial charge in [-0.3, -0.25) is 4.79 Å². The normalized spacial score (nSPS) is 10.9. The number of nitrogens with one attached hydrogen (secondary N) is 1.